The molecule has 0 saturated heterocycles. The molecule has 0 aliphatic heterocycles. The number of hydrogen-bond donors (Lipinski definition) is 1. The van der Waals surface area contributed by atoms with Gasteiger partial charge in [-0.25, -0.2) is 0 Å². The molecule has 0 atom stereocenters. The Morgan fingerprint density at radius 2 is 2.11 bits per heavy atom. The van der Waals surface area contributed by atoms with Crippen LogP contribution in [0.5, 0.6) is 0 Å². The molecule has 4 nitrogen and oxygen atoms in total. The second-order valence-corrected chi connectivity index (χ2v) is 1.44. The van der Waals surface area contributed by atoms with E-state index in [-0.39, 0.29) is 13.0 Å². The summed E-state index contributed by atoms with van der Waals surface area (Å²) < 4.78 is 4.05. The van der Waals surface area contributed by atoms with E-state index < -0.39 is 11.9 Å². The van der Waals surface area contributed by atoms with E-state index in [9.17, 15) is 9.59 Å². The zero-order valence-corrected chi connectivity index (χ0v) is 5.09. The van der Waals surface area contributed by atoms with Crippen molar-refractivity contribution in [2.75, 3.05) is 6.61 Å². The van der Waals surface area contributed by atoms with Gasteiger partial charge < -0.3 is 9.84 Å². The van der Waals surface area contributed by atoms with E-state index in [1.54, 1.807) is 0 Å². The van der Waals surface area contributed by atoms with E-state index in [4.69, 9.17) is 5.11 Å². The van der Waals surface area contributed by atoms with Gasteiger partial charge in [-0.05, 0) is 0 Å². The van der Waals surface area contributed by atoms with Gasteiger partial charge in [-0.1, -0.05) is 0 Å². The predicted molar refractivity (Wildman–Crippen MR) is 28.5 cm³/mol. The van der Waals surface area contributed by atoms with Gasteiger partial charge in [0.2, 0.25) is 0 Å². The van der Waals surface area contributed by atoms with Gasteiger partial charge in [-0.2, -0.15) is 0 Å². The highest BCUT2D eigenvalue weighted by atomic mass is 16.6. The van der Waals surface area contributed by atoms with Crippen molar-refractivity contribution < 1.29 is 19.4 Å². The summed E-state index contributed by atoms with van der Waals surface area (Å²) in [4.78, 5) is 20.3. The van der Waals surface area contributed by atoms with Crippen LogP contribution in [-0.4, -0.2) is 23.7 Å². The molecule has 0 aliphatic carbocycles. The normalized spacial score (nSPS) is 8.67. The summed E-state index contributed by atoms with van der Waals surface area (Å²) in [5.41, 5.74) is 0. The van der Waals surface area contributed by atoms with E-state index in [2.05, 4.69) is 4.74 Å². The fraction of sp³-hybridized carbons (Fsp3) is 0.600. The Labute approximate surface area is 52.4 Å². The molecule has 52 valence electrons. The monoisotopic (exact) mass is 132 g/mol. The molecule has 0 unspecified atom stereocenters. The smallest absolute Gasteiger partial charge is 0.315 e. The Bertz CT molecular complexity index is 118. The van der Waals surface area contributed by atoms with Crippen molar-refractivity contribution in [3.05, 3.63) is 0 Å². The highest BCUT2D eigenvalue weighted by molar-refractivity contribution is 5.83. The topological polar surface area (TPSA) is 63.6 Å². The molecule has 0 bridgehead atoms. The van der Waals surface area contributed by atoms with Crippen molar-refractivity contribution in [3.63, 3.8) is 0 Å². The van der Waals surface area contributed by atoms with Crippen LogP contribution in [0.1, 0.15) is 13.3 Å². The molecule has 0 spiro atoms. The van der Waals surface area contributed by atoms with E-state index in [0.29, 0.717) is 0 Å². The van der Waals surface area contributed by atoms with Gasteiger partial charge in [0, 0.05) is 6.92 Å². The van der Waals surface area contributed by atoms with Crippen molar-refractivity contribution in [3.8, 4) is 0 Å². The standard InChI is InChI=1S/C5H8O4/c1-4(7)9-5(8)2-3-6/h6H,2-3H2,1H3. The first-order valence-electron chi connectivity index (χ1n) is 2.49. The van der Waals surface area contributed by atoms with Crippen LogP contribution < -0.4 is 0 Å². The molecule has 0 aromatic rings. The SMILES string of the molecule is CC(=O)OC(=O)CCO. The van der Waals surface area contributed by atoms with Crippen LogP contribution in [0.3, 0.4) is 0 Å². The van der Waals surface area contributed by atoms with Gasteiger partial charge in [-0.15, -0.1) is 0 Å². The van der Waals surface area contributed by atoms with Crippen molar-refractivity contribution >= 4 is 11.9 Å². The van der Waals surface area contributed by atoms with Gasteiger partial charge >= 0.3 is 11.9 Å². The highest BCUT2D eigenvalue weighted by Gasteiger charge is 2.02. The lowest BCUT2D eigenvalue weighted by molar-refractivity contribution is -0.158. The molecule has 0 rings (SSSR count). The number of rotatable bonds is 2. The first-order valence-corrected chi connectivity index (χ1v) is 2.49. The van der Waals surface area contributed by atoms with Gasteiger partial charge in [-0.3, -0.25) is 9.59 Å². The third-order valence-electron chi connectivity index (χ3n) is 0.573. The molecule has 0 aliphatic rings. The van der Waals surface area contributed by atoms with Gasteiger partial charge in [0.05, 0.1) is 13.0 Å². The third-order valence-corrected chi connectivity index (χ3v) is 0.573. The largest absolute Gasteiger partial charge is 0.396 e. The average Bonchev–Trinajstić information content (AvgIpc) is 1.63. The summed E-state index contributed by atoms with van der Waals surface area (Å²) >= 11 is 0. The van der Waals surface area contributed by atoms with Crippen molar-refractivity contribution in [1.29, 1.82) is 0 Å². The van der Waals surface area contributed by atoms with Gasteiger partial charge in [0.15, 0.2) is 0 Å². The molecular weight excluding hydrogens is 124 g/mol. The fourth-order valence-electron chi connectivity index (χ4n) is 0.303. The highest BCUT2D eigenvalue weighted by Crippen LogP contribution is 1.84. The average molecular weight is 132 g/mol. The van der Waals surface area contributed by atoms with Crippen molar-refractivity contribution in [1.82, 2.24) is 0 Å². The Morgan fingerprint density at radius 1 is 1.56 bits per heavy atom. The minimum atomic E-state index is -0.690. The predicted octanol–water partition coefficient (Wildman–Crippen LogP) is -0.542. The first kappa shape index (κ1) is 8.10. The lowest BCUT2D eigenvalue weighted by Crippen LogP contribution is -2.09. The maximum absolute atomic E-state index is 10.3. The summed E-state index contributed by atoms with van der Waals surface area (Å²) in [7, 11) is 0. The minimum absolute atomic E-state index is 0.125. The Morgan fingerprint density at radius 3 is 2.44 bits per heavy atom. The van der Waals surface area contributed by atoms with Gasteiger partial charge in [0.1, 0.15) is 0 Å². The lowest BCUT2D eigenvalue weighted by atomic mass is 10.5. The summed E-state index contributed by atoms with van der Waals surface area (Å²) in [6.07, 6.45) is -0.125. The Kier molecular flexibility index (Phi) is 3.62. The minimum Gasteiger partial charge on any atom is -0.396 e. The number of carbonyl (C=O) groups is 2. The number of hydrogen-bond acceptors (Lipinski definition) is 4. The zero-order chi connectivity index (χ0) is 7.28. The molecule has 0 amide bonds. The maximum Gasteiger partial charge on any atom is 0.315 e. The lowest BCUT2D eigenvalue weighted by Gasteiger charge is -1.94. The molecule has 1 N–H and O–H groups in total. The molecule has 0 aromatic heterocycles. The zero-order valence-electron chi connectivity index (χ0n) is 5.09. The second-order valence-electron chi connectivity index (χ2n) is 1.44. The van der Waals surface area contributed by atoms with E-state index in [1.807, 2.05) is 0 Å². The van der Waals surface area contributed by atoms with Crippen molar-refractivity contribution in [2.24, 2.45) is 0 Å². The van der Waals surface area contributed by atoms with Crippen LogP contribution in [0.15, 0.2) is 0 Å². The molecule has 0 saturated carbocycles. The van der Waals surface area contributed by atoms with Crippen LogP contribution in [0, 0.1) is 0 Å². The molecule has 0 fully saturated rings. The summed E-state index contributed by atoms with van der Waals surface area (Å²) in [6, 6.07) is 0. The van der Waals surface area contributed by atoms with Crippen LogP contribution >= 0.6 is 0 Å². The van der Waals surface area contributed by atoms with Crippen LogP contribution in [0.25, 0.3) is 0 Å². The summed E-state index contributed by atoms with van der Waals surface area (Å²) in [5, 5.41) is 8.14. The van der Waals surface area contributed by atoms with Crippen LogP contribution in [-0.2, 0) is 14.3 Å². The quantitative estimate of drug-likeness (QED) is 0.404. The molecule has 0 radical (unpaired) electrons. The number of aliphatic hydroxyl groups excluding tert-OH is 1. The molecule has 0 aromatic carbocycles. The molecule has 0 heterocycles. The Hall–Kier alpha value is -0.900. The first-order chi connectivity index (χ1) is 4.16. The number of ether oxygens (including phenoxy) is 1. The van der Waals surface area contributed by atoms with Crippen LogP contribution in [0.2, 0.25) is 0 Å². The van der Waals surface area contributed by atoms with E-state index >= 15 is 0 Å². The number of carbonyl (C=O) groups excluding carboxylic acids is 2. The van der Waals surface area contributed by atoms with E-state index in [0.717, 1.165) is 6.92 Å². The number of aliphatic hydroxyl groups is 1. The fourth-order valence-corrected chi connectivity index (χ4v) is 0.303. The van der Waals surface area contributed by atoms with E-state index in [1.165, 1.54) is 0 Å². The second kappa shape index (κ2) is 4.03. The summed E-state index contributed by atoms with van der Waals surface area (Å²) in [5.74, 6) is -1.33. The molecule has 9 heavy (non-hydrogen) atoms. The third kappa shape index (κ3) is 4.96. The summed E-state index contributed by atoms with van der Waals surface area (Å²) in [6.45, 7) is 0.849. The number of esters is 2. The van der Waals surface area contributed by atoms with Crippen molar-refractivity contribution in [2.45, 2.75) is 13.3 Å². The molecular formula is C5H8O4. The molecule has 4 heteroatoms. The maximum atomic E-state index is 10.3. The van der Waals surface area contributed by atoms with Crippen LogP contribution in [0.4, 0.5) is 0 Å². The Balaban J connectivity index is 3.39. The van der Waals surface area contributed by atoms with Gasteiger partial charge in [0.25, 0.3) is 0 Å².